The minimum absolute atomic E-state index is 0.221. The van der Waals surface area contributed by atoms with Crippen LogP contribution in [-0.2, 0) is 14.8 Å². The summed E-state index contributed by atoms with van der Waals surface area (Å²) in [4.78, 5) is 9.37. The molecule has 0 aliphatic carbocycles. The fourth-order valence-corrected chi connectivity index (χ4v) is 3.42. The van der Waals surface area contributed by atoms with Gasteiger partial charge in [0.25, 0.3) is 0 Å². The van der Waals surface area contributed by atoms with Gasteiger partial charge in [0.2, 0.25) is 0 Å². The molecule has 0 bridgehead atoms. The van der Waals surface area contributed by atoms with Crippen LogP contribution in [0.1, 0.15) is 64.8 Å². The summed E-state index contributed by atoms with van der Waals surface area (Å²) in [7, 11) is -2.07. The van der Waals surface area contributed by atoms with Crippen molar-refractivity contribution < 1.29 is 9.09 Å². The Bertz CT molecular complexity index is 705. The van der Waals surface area contributed by atoms with Gasteiger partial charge in [0, 0.05) is 18.8 Å². The van der Waals surface area contributed by atoms with Gasteiger partial charge in [-0.3, -0.25) is 9.13 Å². The Morgan fingerprint density at radius 1 is 1.23 bits per heavy atom. The van der Waals surface area contributed by atoms with E-state index in [-0.39, 0.29) is 5.92 Å². The number of pyridine rings is 1. The standard InChI is InChI=1S/C16H26N3O2P/c1-10(2)12-8-13-15(17-9-12)19(14(18-13)11(3)4)16(5,6)21-22(7)20/h8-11,22H,1-7H3. The highest BCUT2D eigenvalue weighted by Gasteiger charge is 2.30. The second kappa shape index (κ2) is 6.13. The highest BCUT2D eigenvalue weighted by Crippen LogP contribution is 2.35. The first-order valence-electron chi connectivity index (χ1n) is 7.71. The van der Waals surface area contributed by atoms with Crippen molar-refractivity contribution in [3.63, 3.8) is 0 Å². The molecule has 1 atom stereocenters. The molecule has 2 rings (SSSR count). The molecule has 122 valence electrons. The van der Waals surface area contributed by atoms with Crippen molar-refractivity contribution in [2.75, 3.05) is 6.66 Å². The van der Waals surface area contributed by atoms with E-state index in [4.69, 9.17) is 9.51 Å². The zero-order valence-corrected chi connectivity index (χ0v) is 15.5. The SMILES string of the molecule is CC(C)c1cnc2c(c1)nc(C(C)C)n2C(C)(C)O[PH](C)=O. The van der Waals surface area contributed by atoms with Crippen LogP contribution in [0.4, 0.5) is 0 Å². The molecular weight excluding hydrogens is 297 g/mol. The summed E-state index contributed by atoms with van der Waals surface area (Å²) in [5.41, 5.74) is 2.06. The van der Waals surface area contributed by atoms with Gasteiger partial charge in [-0.25, -0.2) is 9.97 Å². The zero-order valence-electron chi connectivity index (χ0n) is 14.5. The van der Waals surface area contributed by atoms with Crippen LogP contribution in [0.3, 0.4) is 0 Å². The summed E-state index contributed by atoms with van der Waals surface area (Å²) < 4.78 is 19.3. The largest absolute Gasteiger partial charge is 0.303 e. The van der Waals surface area contributed by atoms with Crippen molar-refractivity contribution in [2.45, 2.75) is 59.1 Å². The van der Waals surface area contributed by atoms with Crippen molar-refractivity contribution in [1.82, 2.24) is 14.5 Å². The van der Waals surface area contributed by atoms with Gasteiger partial charge >= 0.3 is 0 Å². The van der Waals surface area contributed by atoms with E-state index in [2.05, 4.69) is 38.7 Å². The molecule has 22 heavy (non-hydrogen) atoms. The minimum Gasteiger partial charge on any atom is -0.303 e. The maximum atomic E-state index is 11.6. The van der Waals surface area contributed by atoms with E-state index in [0.717, 1.165) is 22.6 Å². The summed E-state index contributed by atoms with van der Waals surface area (Å²) in [5.74, 6) is 1.52. The Kier molecular flexibility index (Phi) is 4.78. The lowest BCUT2D eigenvalue weighted by Crippen LogP contribution is -2.30. The molecule has 2 aromatic heterocycles. The summed E-state index contributed by atoms with van der Waals surface area (Å²) >= 11 is 0. The van der Waals surface area contributed by atoms with E-state index in [1.54, 1.807) is 6.66 Å². The van der Waals surface area contributed by atoms with Crippen LogP contribution < -0.4 is 0 Å². The third-order valence-electron chi connectivity index (χ3n) is 3.66. The number of nitrogens with zero attached hydrogens (tertiary/aromatic N) is 3. The summed E-state index contributed by atoms with van der Waals surface area (Å²) in [6, 6.07) is 2.08. The molecule has 1 unspecified atom stereocenters. The van der Waals surface area contributed by atoms with Gasteiger partial charge in [0.1, 0.15) is 17.1 Å². The molecular formula is C16H26N3O2P. The number of aromatic nitrogens is 3. The van der Waals surface area contributed by atoms with Gasteiger partial charge in [-0.15, -0.1) is 0 Å². The Labute approximate surface area is 133 Å². The number of hydrogen-bond donors (Lipinski definition) is 0. The summed E-state index contributed by atoms with van der Waals surface area (Å²) in [5, 5.41) is 0. The molecule has 0 amide bonds. The van der Waals surface area contributed by atoms with Gasteiger partial charge in [-0.1, -0.05) is 27.7 Å². The predicted molar refractivity (Wildman–Crippen MR) is 91.0 cm³/mol. The highest BCUT2D eigenvalue weighted by atomic mass is 31.1. The lowest BCUT2D eigenvalue weighted by atomic mass is 10.1. The summed E-state index contributed by atoms with van der Waals surface area (Å²) in [6.07, 6.45) is 1.89. The Hall–Kier alpha value is -1.19. The highest BCUT2D eigenvalue weighted by molar-refractivity contribution is 7.38. The molecule has 5 nitrogen and oxygen atoms in total. The third-order valence-corrected chi connectivity index (χ3v) is 4.45. The Morgan fingerprint density at radius 3 is 2.36 bits per heavy atom. The van der Waals surface area contributed by atoms with Crippen LogP contribution in [0, 0.1) is 0 Å². The van der Waals surface area contributed by atoms with Gasteiger partial charge in [0.15, 0.2) is 13.7 Å². The van der Waals surface area contributed by atoms with Crippen LogP contribution in [0.5, 0.6) is 0 Å². The van der Waals surface area contributed by atoms with Crippen LogP contribution in [0.15, 0.2) is 12.3 Å². The first kappa shape index (κ1) is 17.2. The van der Waals surface area contributed by atoms with E-state index in [9.17, 15) is 4.57 Å². The molecule has 0 N–H and O–H groups in total. The monoisotopic (exact) mass is 323 g/mol. The molecule has 0 aliphatic heterocycles. The number of imidazole rings is 1. The van der Waals surface area contributed by atoms with Crippen LogP contribution in [0.2, 0.25) is 0 Å². The predicted octanol–water partition coefficient (Wildman–Crippen LogP) is 4.49. The molecule has 6 heteroatoms. The van der Waals surface area contributed by atoms with E-state index >= 15 is 0 Å². The molecule has 2 heterocycles. The van der Waals surface area contributed by atoms with Gasteiger partial charge in [0.05, 0.1) is 0 Å². The number of fused-ring (bicyclic) bond motifs is 1. The third kappa shape index (κ3) is 3.26. The van der Waals surface area contributed by atoms with E-state index < -0.39 is 13.8 Å². The van der Waals surface area contributed by atoms with Crippen LogP contribution in [-0.4, -0.2) is 21.2 Å². The first-order valence-corrected chi connectivity index (χ1v) is 9.53. The molecule has 0 saturated heterocycles. The smallest absolute Gasteiger partial charge is 0.190 e. The van der Waals surface area contributed by atoms with E-state index in [1.807, 2.05) is 24.6 Å². The molecule has 0 aromatic carbocycles. The number of rotatable bonds is 5. The maximum Gasteiger partial charge on any atom is 0.190 e. The topological polar surface area (TPSA) is 57.0 Å². The maximum absolute atomic E-state index is 11.6. The first-order chi connectivity index (χ1) is 10.1. The summed E-state index contributed by atoms with van der Waals surface area (Å²) in [6.45, 7) is 13.9. The van der Waals surface area contributed by atoms with Crippen molar-refractivity contribution in [3.05, 3.63) is 23.7 Å². The van der Waals surface area contributed by atoms with Crippen LogP contribution in [0.25, 0.3) is 11.2 Å². The molecule has 0 aliphatic rings. The van der Waals surface area contributed by atoms with Crippen molar-refractivity contribution in [1.29, 1.82) is 0 Å². The minimum atomic E-state index is -2.07. The van der Waals surface area contributed by atoms with Crippen molar-refractivity contribution >= 4 is 19.2 Å². The fraction of sp³-hybridized carbons (Fsp3) is 0.625. The van der Waals surface area contributed by atoms with Gasteiger partial charge in [-0.05, 0) is 31.4 Å². The zero-order chi connectivity index (χ0) is 16.7. The van der Waals surface area contributed by atoms with E-state index in [0.29, 0.717) is 5.92 Å². The molecule has 0 spiro atoms. The lowest BCUT2D eigenvalue weighted by molar-refractivity contribution is 0.0413. The molecule has 2 aromatic rings. The Morgan fingerprint density at radius 2 is 1.86 bits per heavy atom. The average molecular weight is 323 g/mol. The van der Waals surface area contributed by atoms with Crippen molar-refractivity contribution in [3.8, 4) is 0 Å². The van der Waals surface area contributed by atoms with Gasteiger partial charge < -0.3 is 4.52 Å². The quantitative estimate of drug-likeness (QED) is 0.761. The second-order valence-corrected chi connectivity index (χ2v) is 7.95. The Balaban J connectivity index is 2.70. The lowest BCUT2D eigenvalue weighted by Gasteiger charge is -2.29. The average Bonchev–Trinajstić information content (AvgIpc) is 2.76. The normalized spacial score (nSPS) is 14.2. The number of hydrogen-bond acceptors (Lipinski definition) is 4. The van der Waals surface area contributed by atoms with Crippen molar-refractivity contribution in [2.24, 2.45) is 0 Å². The molecule has 0 radical (unpaired) electrons. The molecule has 0 saturated carbocycles. The fourth-order valence-electron chi connectivity index (χ4n) is 2.63. The van der Waals surface area contributed by atoms with Crippen LogP contribution >= 0.6 is 8.03 Å². The molecule has 0 fully saturated rings. The van der Waals surface area contributed by atoms with E-state index in [1.165, 1.54) is 0 Å². The van der Waals surface area contributed by atoms with Gasteiger partial charge in [-0.2, -0.15) is 0 Å². The second-order valence-electron chi connectivity index (χ2n) is 6.77.